The molecule has 0 radical (unpaired) electrons. The molecule has 10 heteroatoms. The second-order valence-corrected chi connectivity index (χ2v) is 7.40. The van der Waals surface area contributed by atoms with Crippen LogP contribution in [-0.2, 0) is 16.2 Å². The van der Waals surface area contributed by atoms with Gasteiger partial charge in [0.2, 0.25) is 17.8 Å². The van der Waals surface area contributed by atoms with Crippen molar-refractivity contribution in [3.8, 4) is 11.5 Å². The number of ether oxygens (including phenoxy) is 2. The van der Waals surface area contributed by atoms with Gasteiger partial charge < -0.3 is 19.9 Å². The van der Waals surface area contributed by atoms with Gasteiger partial charge in [-0.25, -0.2) is 9.88 Å². The molecule has 0 aliphatic heterocycles. The van der Waals surface area contributed by atoms with E-state index in [0.717, 1.165) is 28.2 Å². The molecular formula is C22H31N5O5. The molecule has 1 unspecified atom stereocenters. The number of nitrogens with zero attached hydrogens (tertiary/aromatic N) is 4. The quantitative estimate of drug-likeness (QED) is 0.567. The second kappa shape index (κ2) is 11.4. The first-order valence-electron chi connectivity index (χ1n) is 10.4. The molecule has 0 bridgehead atoms. The standard InChI is InChI=1S/C22H31N5O5/c1-7-8-17(11-28)25-21-19(10-24-22(26-21)27(15(4)29)16(5)30)32-12-18-14(3)20(31-6)13(2)9-23-18/h9-10,17,28H,7-8,11-12H2,1-6H3,(H,24,25,26). The molecule has 2 rings (SSSR count). The van der Waals surface area contributed by atoms with E-state index in [4.69, 9.17) is 9.47 Å². The van der Waals surface area contributed by atoms with E-state index in [1.807, 2.05) is 20.8 Å². The fraction of sp³-hybridized carbons (Fsp3) is 0.500. The van der Waals surface area contributed by atoms with Crippen molar-refractivity contribution in [1.82, 2.24) is 15.0 Å². The topological polar surface area (TPSA) is 127 Å². The zero-order valence-electron chi connectivity index (χ0n) is 19.4. The minimum atomic E-state index is -0.504. The number of anilines is 2. The molecule has 32 heavy (non-hydrogen) atoms. The number of hydrogen-bond donors (Lipinski definition) is 2. The molecule has 0 aromatic carbocycles. The molecule has 2 heterocycles. The molecule has 0 saturated carbocycles. The van der Waals surface area contributed by atoms with Gasteiger partial charge in [-0.3, -0.25) is 14.6 Å². The maximum Gasteiger partial charge on any atom is 0.241 e. The van der Waals surface area contributed by atoms with Crippen LogP contribution in [0, 0.1) is 13.8 Å². The predicted molar refractivity (Wildman–Crippen MR) is 120 cm³/mol. The van der Waals surface area contributed by atoms with Crippen LogP contribution in [0.4, 0.5) is 11.8 Å². The normalized spacial score (nSPS) is 11.6. The maximum atomic E-state index is 11.9. The maximum absolute atomic E-state index is 11.9. The first-order chi connectivity index (χ1) is 15.2. The molecule has 0 saturated heterocycles. The van der Waals surface area contributed by atoms with Crippen LogP contribution in [0.5, 0.6) is 11.5 Å². The van der Waals surface area contributed by atoms with E-state index in [1.165, 1.54) is 20.0 Å². The number of imide groups is 1. The average Bonchev–Trinajstić information content (AvgIpc) is 2.73. The van der Waals surface area contributed by atoms with Gasteiger partial charge in [0.25, 0.3) is 0 Å². The van der Waals surface area contributed by atoms with Crippen LogP contribution < -0.4 is 19.7 Å². The van der Waals surface area contributed by atoms with Crippen LogP contribution in [0.15, 0.2) is 12.4 Å². The van der Waals surface area contributed by atoms with Crippen LogP contribution >= 0.6 is 0 Å². The first kappa shape index (κ1) is 25.0. The highest BCUT2D eigenvalue weighted by Gasteiger charge is 2.22. The number of methoxy groups -OCH3 is 1. The van der Waals surface area contributed by atoms with Gasteiger partial charge in [-0.2, -0.15) is 4.98 Å². The van der Waals surface area contributed by atoms with Crippen molar-refractivity contribution in [1.29, 1.82) is 0 Å². The van der Waals surface area contributed by atoms with E-state index in [9.17, 15) is 14.7 Å². The number of amides is 2. The lowest BCUT2D eigenvalue weighted by atomic mass is 10.1. The lowest BCUT2D eigenvalue weighted by molar-refractivity contribution is -0.124. The van der Waals surface area contributed by atoms with Crippen molar-refractivity contribution in [3.63, 3.8) is 0 Å². The van der Waals surface area contributed by atoms with E-state index in [2.05, 4.69) is 20.3 Å². The Morgan fingerprint density at radius 3 is 2.44 bits per heavy atom. The van der Waals surface area contributed by atoms with Gasteiger partial charge >= 0.3 is 0 Å². The number of aromatic nitrogens is 3. The molecule has 2 aromatic heterocycles. The SMILES string of the molecule is CCCC(CO)Nc1nc(N(C(C)=O)C(C)=O)ncc1OCc1ncc(C)c(OC)c1C. The summed E-state index contributed by atoms with van der Waals surface area (Å²) in [5.41, 5.74) is 2.46. The van der Waals surface area contributed by atoms with Crippen LogP contribution in [-0.4, -0.2) is 51.6 Å². The van der Waals surface area contributed by atoms with E-state index in [-0.39, 0.29) is 31.0 Å². The van der Waals surface area contributed by atoms with Crippen molar-refractivity contribution in [2.75, 3.05) is 23.9 Å². The monoisotopic (exact) mass is 445 g/mol. The summed E-state index contributed by atoms with van der Waals surface area (Å²) in [6.07, 6.45) is 4.63. The zero-order valence-corrected chi connectivity index (χ0v) is 19.4. The van der Waals surface area contributed by atoms with Crippen molar-refractivity contribution >= 4 is 23.6 Å². The average molecular weight is 446 g/mol. The highest BCUT2D eigenvalue weighted by molar-refractivity contribution is 6.11. The summed E-state index contributed by atoms with van der Waals surface area (Å²) in [5, 5.41) is 12.8. The van der Waals surface area contributed by atoms with Gasteiger partial charge in [-0.15, -0.1) is 0 Å². The van der Waals surface area contributed by atoms with Crippen LogP contribution in [0.25, 0.3) is 0 Å². The lowest BCUT2D eigenvalue weighted by Gasteiger charge is -2.21. The second-order valence-electron chi connectivity index (χ2n) is 7.40. The third kappa shape index (κ3) is 5.91. The number of pyridine rings is 1. The van der Waals surface area contributed by atoms with Gasteiger partial charge in [-0.1, -0.05) is 13.3 Å². The van der Waals surface area contributed by atoms with Crippen molar-refractivity contribution < 1.29 is 24.2 Å². The number of aryl methyl sites for hydroxylation is 1. The van der Waals surface area contributed by atoms with Gasteiger partial charge in [0.1, 0.15) is 12.4 Å². The molecule has 0 aliphatic rings. The molecule has 2 N–H and O–H groups in total. The molecule has 0 spiro atoms. The number of rotatable bonds is 10. The minimum Gasteiger partial charge on any atom is -0.496 e. The number of carbonyl (C=O) groups excluding carboxylic acids is 2. The first-order valence-corrected chi connectivity index (χ1v) is 10.4. The van der Waals surface area contributed by atoms with E-state index in [0.29, 0.717) is 17.9 Å². The molecule has 1 atom stereocenters. The molecule has 174 valence electrons. The summed E-state index contributed by atoms with van der Waals surface area (Å²) in [5.74, 6) is 0.236. The molecular weight excluding hydrogens is 414 g/mol. The third-order valence-electron chi connectivity index (χ3n) is 4.88. The Hall–Kier alpha value is -3.27. The fourth-order valence-corrected chi connectivity index (χ4v) is 3.30. The van der Waals surface area contributed by atoms with E-state index >= 15 is 0 Å². The van der Waals surface area contributed by atoms with Crippen molar-refractivity contribution in [3.05, 3.63) is 29.2 Å². The Bertz CT molecular complexity index is 952. The van der Waals surface area contributed by atoms with Crippen LogP contribution in [0.3, 0.4) is 0 Å². The molecule has 2 aromatic rings. The lowest BCUT2D eigenvalue weighted by Crippen LogP contribution is -2.35. The largest absolute Gasteiger partial charge is 0.496 e. The summed E-state index contributed by atoms with van der Waals surface area (Å²) >= 11 is 0. The molecule has 10 nitrogen and oxygen atoms in total. The predicted octanol–water partition coefficient (Wildman–Crippen LogP) is 2.55. The number of aliphatic hydroxyl groups is 1. The molecule has 0 fully saturated rings. The Morgan fingerprint density at radius 1 is 1.19 bits per heavy atom. The third-order valence-corrected chi connectivity index (χ3v) is 4.88. The molecule has 0 aliphatic carbocycles. The van der Waals surface area contributed by atoms with Gasteiger partial charge in [0.15, 0.2) is 11.6 Å². The fourth-order valence-electron chi connectivity index (χ4n) is 3.30. The number of hydrogen-bond acceptors (Lipinski definition) is 9. The highest BCUT2D eigenvalue weighted by atomic mass is 16.5. The Kier molecular flexibility index (Phi) is 8.89. The summed E-state index contributed by atoms with van der Waals surface area (Å²) in [6.45, 7) is 8.34. The highest BCUT2D eigenvalue weighted by Crippen LogP contribution is 2.28. The van der Waals surface area contributed by atoms with E-state index in [1.54, 1.807) is 13.3 Å². The van der Waals surface area contributed by atoms with Crippen molar-refractivity contribution in [2.45, 2.75) is 60.1 Å². The summed E-state index contributed by atoms with van der Waals surface area (Å²) in [4.78, 5) is 37.6. The van der Waals surface area contributed by atoms with E-state index < -0.39 is 11.8 Å². The van der Waals surface area contributed by atoms with Gasteiger partial charge in [0, 0.05) is 31.2 Å². The Labute approximate surface area is 188 Å². The van der Waals surface area contributed by atoms with Crippen LogP contribution in [0.1, 0.15) is 50.4 Å². The Morgan fingerprint density at radius 2 is 1.88 bits per heavy atom. The Balaban J connectivity index is 2.40. The summed E-state index contributed by atoms with van der Waals surface area (Å²) < 4.78 is 11.4. The number of carbonyl (C=O) groups is 2. The number of aliphatic hydroxyl groups excluding tert-OH is 1. The van der Waals surface area contributed by atoms with Crippen molar-refractivity contribution in [2.24, 2.45) is 0 Å². The smallest absolute Gasteiger partial charge is 0.241 e. The summed E-state index contributed by atoms with van der Waals surface area (Å²) in [7, 11) is 1.60. The zero-order chi connectivity index (χ0) is 23.8. The summed E-state index contributed by atoms with van der Waals surface area (Å²) in [6, 6.07) is -0.285. The number of nitrogens with one attached hydrogen (secondary N) is 1. The van der Waals surface area contributed by atoms with Crippen LogP contribution in [0.2, 0.25) is 0 Å². The van der Waals surface area contributed by atoms with Gasteiger partial charge in [0.05, 0.1) is 31.6 Å². The van der Waals surface area contributed by atoms with Gasteiger partial charge in [-0.05, 0) is 20.3 Å². The molecule has 2 amide bonds. The minimum absolute atomic E-state index is 0.0700.